The van der Waals surface area contributed by atoms with Crippen LogP contribution in [0.5, 0.6) is 0 Å². The molecular weight excluding hydrogens is 293 g/mol. The van der Waals surface area contributed by atoms with Crippen molar-refractivity contribution in [2.24, 2.45) is 0 Å². The van der Waals surface area contributed by atoms with E-state index in [0.717, 1.165) is 0 Å². The lowest BCUT2D eigenvalue weighted by molar-refractivity contribution is 0.399. The normalized spacial score (nSPS) is 11.3. The third kappa shape index (κ3) is 1.91. The Morgan fingerprint density at radius 2 is 2.10 bits per heavy atom. The molecule has 0 fully saturated rings. The van der Waals surface area contributed by atoms with Crippen molar-refractivity contribution in [3.05, 3.63) is 41.9 Å². The monoisotopic (exact) mass is 301 g/mol. The smallest absolute Gasteiger partial charge is 0.235 e. The molecule has 0 atom stereocenters. The van der Waals surface area contributed by atoms with Crippen LogP contribution in [0.15, 0.2) is 34.9 Å². The number of hydrogen-bond acceptors (Lipinski definition) is 6. The molecule has 4 aromatic rings. The van der Waals surface area contributed by atoms with Crippen LogP contribution in [-0.2, 0) is 0 Å². The fourth-order valence-electron chi connectivity index (χ4n) is 1.99. The molecule has 0 saturated carbocycles. The van der Waals surface area contributed by atoms with E-state index in [1.165, 1.54) is 17.4 Å². The largest absolute Gasteiger partial charge is 0.361 e. The van der Waals surface area contributed by atoms with Gasteiger partial charge in [0, 0.05) is 11.6 Å². The second-order valence-electron chi connectivity index (χ2n) is 4.43. The summed E-state index contributed by atoms with van der Waals surface area (Å²) in [7, 11) is 0. The van der Waals surface area contributed by atoms with Crippen LogP contribution in [0.25, 0.3) is 27.1 Å². The second kappa shape index (κ2) is 4.45. The third-order valence-corrected chi connectivity index (χ3v) is 3.88. The van der Waals surface area contributed by atoms with Crippen LogP contribution in [0.2, 0.25) is 0 Å². The van der Waals surface area contributed by atoms with Crippen molar-refractivity contribution >= 4 is 16.3 Å². The van der Waals surface area contributed by atoms with Crippen molar-refractivity contribution in [1.82, 2.24) is 25.0 Å². The highest BCUT2D eigenvalue weighted by Gasteiger charge is 2.18. The van der Waals surface area contributed by atoms with Crippen molar-refractivity contribution in [1.29, 1.82) is 0 Å². The molecule has 104 valence electrons. The van der Waals surface area contributed by atoms with Crippen LogP contribution in [0, 0.1) is 12.7 Å². The Morgan fingerprint density at radius 1 is 1.24 bits per heavy atom. The predicted molar refractivity (Wildman–Crippen MR) is 74.3 cm³/mol. The number of hydrogen-bond donors (Lipinski definition) is 0. The molecule has 1 aromatic carbocycles. The number of nitrogens with zero attached hydrogens (tertiary/aromatic N) is 5. The summed E-state index contributed by atoms with van der Waals surface area (Å²) >= 11 is 1.27. The first kappa shape index (κ1) is 12.2. The van der Waals surface area contributed by atoms with Gasteiger partial charge in [-0.3, -0.25) is 0 Å². The van der Waals surface area contributed by atoms with Crippen LogP contribution in [0.4, 0.5) is 4.39 Å². The first-order valence-electron chi connectivity index (χ1n) is 6.13. The molecule has 0 radical (unpaired) electrons. The summed E-state index contributed by atoms with van der Waals surface area (Å²) in [4.78, 5) is 0.573. The first-order valence-corrected chi connectivity index (χ1v) is 6.95. The summed E-state index contributed by atoms with van der Waals surface area (Å²) < 4.78 is 20.4. The van der Waals surface area contributed by atoms with E-state index < -0.39 is 0 Å². The van der Waals surface area contributed by atoms with E-state index in [-0.39, 0.29) is 5.82 Å². The van der Waals surface area contributed by atoms with Gasteiger partial charge in [-0.1, -0.05) is 28.6 Å². The fraction of sp³-hybridized carbons (Fsp3) is 0.0769. The maximum absolute atomic E-state index is 13.8. The molecular formula is C13H8FN5OS. The molecule has 0 aliphatic rings. The van der Waals surface area contributed by atoms with E-state index in [1.54, 1.807) is 35.7 Å². The van der Waals surface area contributed by atoms with E-state index in [1.807, 2.05) is 0 Å². The van der Waals surface area contributed by atoms with Gasteiger partial charge in [0.2, 0.25) is 10.8 Å². The summed E-state index contributed by atoms with van der Waals surface area (Å²) in [6.07, 6.45) is 0. The van der Waals surface area contributed by atoms with E-state index in [4.69, 9.17) is 4.52 Å². The lowest BCUT2D eigenvalue weighted by Crippen LogP contribution is -1.91. The molecule has 0 aliphatic carbocycles. The van der Waals surface area contributed by atoms with Gasteiger partial charge in [-0.15, -0.1) is 10.2 Å². The number of aromatic nitrogens is 5. The van der Waals surface area contributed by atoms with Crippen LogP contribution < -0.4 is 0 Å². The fourth-order valence-corrected chi connectivity index (χ4v) is 2.86. The molecule has 3 heterocycles. The maximum Gasteiger partial charge on any atom is 0.235 e. The van der Waals surface area contributed by atoms with Gasteiger partial charge in [0.05, 0.1) is 0 Å². The minimum atomic E-state index is -0.318. The van der Waals surface area contributed by atoms with E-state index in [0.29, 0.717) is 32.8 Å². The molecule has 0 aliphatic heterocycles. The van der Waals surface area contributed by atoms with Crippen molar-refractivity contribution in [3.63, 3.8) is 0 Å². The van der Waals surface area contributed by atoms with Crippen molar-refractivity contribution in [3.8, 4) is 22.1 Å². The quantitative estimate of drug-likeness (QED) is 0.569. The molecule has 0 N–H and O–H groups in total. The molecule has 0 spiro atoms. The highest BCUT2D eigenvalue weighted by atomic mass is 32.1. The van der Waals surface area contributed by atoms with Crippen LogP contribution in [-0.4, -0.2) is 25.0 Å². The Morgan fingerprint density at radius 3 is 2.86 bits per heavy atom. The number of benzene rings is 1. The summed E-state index contributed by atoms with van der Waals surface area (Å²) in [5.74, 6) is 0.827. The lowest BCUT2D eigenvalue weighted by atomic mass is 10.2. The molecule has 8 heteroatoms. The summed E-state index contributed by atoms with van der Waals surface area (Å²) in [5.41, 5.74) is 0.987. The molecule has 0 saturated heterocycles. The van der Waals surface area contributed by atoms with Gasteiger partial charge in [-0.25, -0.2) is 4.39 Å². The molecule has 4 rings (SSSR count). The minimum absolute atomic E-state index is 0.318. The van der Waals surface area contributed by atoms with Crippen molar-refractivity contribution in [2.45, 2.75) is 6.92 Å². The molecule has 3 aromatic heterocycles. The van der Waals surface area contributed by atoms with Crippen LogP contribution >= 0.6 is 11.3 Å². The maximum atomic E-state index is 13.8. The molecule has 0 bridgehead atoms. The first-order chi connectivity index (χ1) is 10.2. The SMILES string of the molecule is Cc1cc(-c2nnc3sc(-c4ccccc4F)nn23)no1. The van der Waals surface area contributed by atoms with Crippen molar-refractivity contribution in [2.75, 3.05) is 0 Å². The van der Waals surface area contributed by atoms with Gasteiger partial charge < -0.3 is 4.52 Å². The van der Waals surface area contributed by atoms with Crippen molar-refractivity contribution < 1.29 is 8.91 Å². The van der Waals surface area contributed by atoms with Gasteiger partial charge in [0.25, 0.3) is 0 Å². The zero-order valence-electron chi connectivity index (χ0n) is 10.8. The zero-order chi connectivity index (χ0) is 14.4. The Bertz CT molecular complexity index is 941. The standard InChI is InChI=1S/C13H8FN5OS/c1-7-6-10(18-20-7)11-15-16-13-19(11)17-12(21-13)8-4-2-3-5-9(8)14/h2-6H,1H3. The molecule has 21 heavy (non-hydrogen) atoms. The third-order valence-electron chi connectivity index (χ3n) is 2.95. The Labute approximate surface area is 121 Å². The number of fused-ring (bicyclic) bond motifs is 1. The highest BCUT2D eigenvalue weighted by Crippen LogP contribution is 2.29. The van der Waals surface area contributed by atoms with Gasteiger partial charge in [-0.2, -0.15) is 9.61 Å². The van der Waals surface area contributed by atoms with Crippen LogP contribution in [0.1, 0.15) is 5.76 Å². The van der Waals surface area contributed by atoms with Gasteiger partial charge >= 0.3 is 0 Å². The number of rotatable bonds is 2. The molecule has 6 nitrogen and oxygen atoms in total. The highest BCUT2D eigenvalue weighted by molar-refractivity contribution is 7.19. The Balaban J connectivity index is 1.88. The van der Waals surface area contributed by atoms with Crippen LogP contribution in [0.3, 0.4) is 0 Å². The zero-order valence-corrected chi connectivity index (χ0v) is 11.6. The number of halogens is 1. The lowest BCUT2D eigenvalue weighted by Gasteiger charge is -1.96. The summed E-state index contributed by atoms with van der Waals surface area (Å²) in [6, 6.07) is 8.24. The summed E-state index contributed by atoms with van der Waals surface area (Å²) in [5, 5.41) is 16.9. The molecule has 0 unspecified atom stereocenters. The van der Waals surface area contributed by atoms with E-state index in [2.05, 4.69) is 20.5 Å². The van der Waals surface area contributed by atoms with Gasteiger partial charge in [-0.05, 0) is 19.1 Å². The van der Waals surface area contributed by atoms with Gasteiger partial charge in [0.1, 0.15) is 11.6 Å². The minimum Gasteiger partial charge on any atom is -0.361 e. The number of aryl methyl sites for hydroxylation is 1. The topological polar surface area (TPSA) is 69.1 Å². The second-order valence-corrected chi connectivity index (χ2v) is 5.38. The van der Waals surface area contributed by atoms with Gasteiger partial charge in [0.15, 0.2) is 10.7 Å². The molecule has 0 amide bonds. The van der Waals surface area contributed by atoms with E-state index >= 15 is 0 Å². The summed E-state index contributed by atoms with van der Waals surface area (Å²) in [6.45, 7) is 1.79. The predicted octanol–water partition coefficient (Wildman–Crippen LogP) is 2.96. The Kier molecular flexibility index (Phi) is 2.58. The Hall–Kier alpha value is -2.61. The van der Waals surface area contributed by atoms with E-state index in [9.17, 15) is 4.39 Å². The average molecular weight is 301 g/mol. The average Bonchev–Trinajstić information content (AvgIpc) is 3.14.